The molecule has 0 bridgehead atoms. The van der Waals surface area contributed by atoms with Gasteiger partial charge < -0.3 is 18.3 Å². The summed E-state index contributed by atoms with van der Waals surface area (Å²) in [5, 5.41) is 7.99. The van der Waals surface area contributed by atoms with Crippen LogP contribution in [0.2, 0.25) is 0 Å². The SMILES string of the molecule is C/C=C\CC(=O)O.CCCC1CCC(=O)O1.O=[S-](=O)C(F)(F)F.[O]=[Ag]. The van der Waals surface area contributed by atoms with Crippen LogP contribution in [-0.4, -0.2) is 28.7 Å². The molecular formula is C13H20AgF3O7S-. The van der Waals surface area contributed by atoms with Crippen molar-refractivity contribution in [2.45, 2.75) is 57.6 Å². The Morgan fingerprint density at radius 2 is 1.88 bits per heavy atom. The first kappa shape index (κ1) is 28.8. The summed E-state index contributed by atoms with van der Waals surface area (Å²) >= 11 is 1.70. The molecule has 1 atom stereocenters. The average Bonchev–Trinajstić information content (AvgIpc) is 2.93. The van der Waals surface area contributed by atoms with Gasteiger partial charge in [-0.1, -0.05) is 25.5 Å². The first-order chi connectivity index (χ1) is 11.5. The van der Waals surface area contributed by atoms with Gasteiger partial charge in [-0.25, -0.2) is 0 Å². The fraction of sp³-hybridized carbons (Fsp3) is 0.692. The van der Waals surface area contributed by atoms with Crippen LogP contribution in [0.3, 0.4) is 0 Å². The molecule has 12 heteroatoms. The van der Waals surface area contributed by atoms with E-state index in [1.54, 1.807) is 40.1 Å². The topological polar surface area (TPSA) is 115 Å². The van der Waals surface area contributed by atoms with E-state index in [9.17, 15) is 22.8 Å². The number of halogens is 3. The molecule has 0 spiro atoms. The molecule has 153 valence electrons. The summed E-state index contributed by atoms with van der Waals surface area (Å²) < 4.78 is 62.5. The summed E-state index contributed by atoms with van der Waals surface area (Å²) in [4.78, 5) is 20.2. The van der Waals surface area contributed by atoms with Gasteiger partial charge in [0, 0.05) is 17.1 Å². The molecule has 1 rings (SSSR count). The number of hydrogen-bond acceptors (Lipinski definition) is 7. The number of cyclic esters (lactones) is 1. The van der Waals surface area contributed by atoms with Gasteiger partial charge in [0.2, 0.25) is 0 Å². The van der Waals surface area contributed by atoms with Gasteiger partial charge in [-0.15, -0.1) is 0 Å². The van der Waals surface area contributed by atoms with Crippen molar-refractivity contribution < 1.29 is 65.3 Å². The van der Waals surface area contributed by atoms with Crippen molar-refractivity contribution in [3.8, 4) is 0 Å². The van der Waals surface area contributed by atoms with E-state index >= 15 is 0 Å². The predicted molar refractivity (Wildman–Crippen MR) is 76.6 cm³/mol. The van der Waals surface area contributed by atoms with Crippen LogP contribution in [-0.2, 0) is 57.7 Å². The number of carboxylic acid groups (broad SMARTS) is 1. The summed E-state index contributed by atoms with van der Waals surface area (Å²) in [6.45, 7) is 3.90. The molecule has 7 nitrogen and oxygen atoms in total. The van der Waals surface area contributed by atoms with E-state index in [1.807, 2.05) is 0 Å². The second-order valence-corrected chi connectivity index (χ2v) is 5.22. The van der Waals surface area contributed by atoms with Gasteiger partial charge in [-0.2, -0.15) is 13.2 Å². The number of allylic oxidation sites excluding steroid dienone is 1. The van der Waals surface area contributed by atoms with Crippen LogP contribution < -0.4 is 0 Å². The Hall–Kier alpha value is -1.04. The molecule has 0 amide bonds. The average molecular weight is 485 g/mol. The maximum absolute atomic E-state index is 10.6. The van der Waals surface area contributed by atoms with Gasteiger partial charge >= 0.3 is 41.7 Å². The third-order valence-corrected chi connectivity index (χ3v) is 2.67. The van der Waals surface area contributed by atoms with Crippen LogP contribution in [0.4, 0.5) is 13.2 Å². The van der Waals surface area contributed by atoms with Crippen LogP contribution in [0.5, 0.6) is 0 Å². The van der Waals surface area contributed by atoms with E-state index in [0.717, 1.165) is 19.3 Å². The summed E-state index contributed by atoms with van der Waals surface area (Å²) in [5.41, 5.74) is -5.08. The van der Waals surface area contributed by atoms with E-state index in [4.69, 9.17) is 21.5 Å². The quantitative estimate of drug-likeness (QED) is 0.282. The molecule has 0 aromatic heterocycles. The first-order valence-electron chi connectivity index (χ1n) is 6.85. The number of alkyl halides is 3. The maximum atomic E-state index is 10.6. The summed E-state index contributed by atoms with van der Waals surface area (Å²) in [6.07, 6.45) is 7.40. The van der Waals surface area contributed by atoms with Crippen LogP contribution in [0.15, 0.2) is 12.2 Å². The minimum absolute atomic E-state index is 0.0200. The number of ether oxygens (including phenoxy) is 1. The molecule has 1 fully saturated rings. The molecule has 1 unspecified atom stereocenters. The third-order valence-electron chi connectivity index (χ3n) is 2.30. The standard InChI is InChI=1S/C7H12O2.C5H8O2.CF3O2S.Ag.O/c1-2-3-6-4-5-7(8)9-6;1-2-3-4-5(6)7;2-1(3,4)7(5)6;;/h6H,2-5H2,1H3;2-3H,4H2,1H3,(H,6,7);;;/q;;-1;;/b;3-2-;;;. The van der Waals surface area contributed by atoms with Gasteiger partial charge in [0.1, 0.15) is 6.10 Å². The molecule has 0 aromatic rings. The second-order valence-electron chi connectivity index (χ2n) is 4.29. The van der Waals surface area contributed by atoms with E-state index in [-0.39, 0.29) is 18.5 Å². The summed E-state index contributed by atoms with van der Waals surface area (Å²) in [5.74, 6) is -0.799. The zero-order valence-corrected chi connectivity index (χ0v) is 15.8. The van der Waals surface area contributed by atoms with Gasteiger partial charge in [0.15, 0.2) is 0 Å². The van der Waals surface area contributed by atoms with Crippen molar-refractivity contribution in [3.63, 3.8) is 0 Å². The van der Waals surface area contributed by atoms with Crippen LogP contribution in [0.25, 0.3) is 0 Å². The fourth-order valence-corrected chi connectivity index (χ4v) is 1.33. The Labute approximate surface area is 157 Å². The Morgan fingerprint density at radius 3 is 2.08 bits per heavy atom. The third kappa shape index (κ3) is 23.0. The van der Waals surface area contributed by atoms with Gasteiger partial charge in [0.05, 0.1) is 6.42 Å². The molecular weight excluding hydrogens is 465 g/mol. The van der Waals surface area contributed by atoms with Crippen LogP contribution in [0.1, 0.15) is 46.0 Å². The molecule has 0 aromatic carbocycles. The van der Waals surface area contributed by atoms with Crippen molar-refractivity contribution in [1.82, 2.24) is 0 Å². The molecule has 1 saturated heterocycles. The number of rotatable bonds is 4. The normalized spacial score (nSPS) is 16.0. The van der Waals surface area contributed by atoms with Gasteiger partial charge in [-0.3, -0.25) is 9.59 Å². The molecule has 25 heavy (non-hydrogen) atoms. The van der Waals surface area contributed by atoms with Crippen molar-refractivity contribution in [3.05, 3.63) is 12.2 Å². The number of carbonyl (C=O) groups excluding carboxylic acids is 1. The van der Waals surface area contributed by atoms with Gasteiger partial charge in [-0.05, 0) is 19.8 Å². The Balaban J connectivity index is -0.000000280. The first-order valence-corrected chi connectivity index (χ1v) is 8.53. The van der Waals surface area contributed by atoms with Crippen molar-refractivity contribution in [1.29, 1.82) is 0 Å². The monoisotopic (exact) mass is 484 g/mol. The second kappa shape index (κ2) is 17.8. The Morgan fingerprint density at radius 1 is 1.40 bits per heavy atom. The fourth-order valence-electron chi connectivity index (χ4n) is 1.33. The Bertz CT molecular complexity index is 471. The number of carbonyl (C=O) groups is 2. The molecule has 0 aliphatic carbocycles. The van der Waals surface area contributed by atoms with E-state index in [0.29, 0.717) is 6.42 Å². The van der Waals surface area contributed by atoms with Crippen molar-refractivity contribution in [2.24, 2.45) is 0 Å². The molecule has 0 radical (unpaired) electrons. The van der Waals surface area contributed by atoms with Crippen molar-refractivity contribution in [2.75, 3.05) is 0 Å². The molecule has 0 saturated carbocycles. The molecule has 1 aliphatic heterocycles. The Kier molecular flexibility index (Phi) is 20.4. The van der Waals surface area contributed by atoms with E-state index < -0.39 is 22.2 Å². The molecule has 1 aliphatic rings. The summed E-state index contributed by atoms with van der Waals surface area (Å²) in [7, 11) is -3.93. The van der Waals surface area contributed by atoms with Crippen LogP contribution in [0, 0.1) is 0 Å². The summed E-state index contributed by atoms with van der Waals surface area (Å²) in [6, 6.07) is 0. The van der Waals surface area contributed by atoms with Crippen LogP contribution >= 0.6 is 0 Å². The molecule has 1 heterocycles. The number of esters is 1. The zero-order chi connectivity index (χ0) is 20.5. The number of carboxylic acids is 1. The minimum atomic E-state index is -5.08. The van der Waals surface area contributed by atoms with E-state index in [2.05, 4.69) is 6.92 Å². The zero-order valence-electron chi connectivity index (χ0n) is 13.5. The number of hydrogen-bond donors (Lipinski definition) is 1. The van der Waals surface area contributed by atoms with Gasteiger partial charge in [0.25, 0.3) is 0 Å². The molecule has 1 N–H and O–H groups in total. The number of aliphatic carboxylic acids is 1. The van der Waals surface area contributed by atoms with Crippen molar-refractivity contribution >= 4 is 22.6 Å². The predicted octanol–water partition coefficient (Wildman–Crippen LogP) is 3.22. The van der Waals surface area contributed by atoms with E-state index in [1.165, 1.54) is 0 Å².